The van der Waals surface area contributed by atoms with Gasteiger partial charge >= 0.3 is 0 Å². The molecular formula is C14H15N3O3. The highest BCUT2D eigenvalue weighted by Gasteiger charge is 2.17. The second-order valence-corrected chi connectivity index (χ2v) is 4.10. The lowest BCUT2D eigenvalue weighted by Crippen LogP contribution is -2.44. The molecule has 1 rings (SSSR count). The van der Waals surface area contributed by atoms with Crippen LogP contribution in [0.2, 0.25) is 0 Å². The molecule has 0 spiro atoms. The fraction of sp³-hybridized carbons (Fsp3) is 0.214. The first-order chi connectivity index (χ1) is 9.43. The number of benzene rings is 1. The van der Waals surface area contributed by atoms with E-state index < -0.39 is 17.9 Å². The van der Waals surface area contributed by atoms with E-state index in [1.54, 1.807) is 18.2 Å². The van der Waals surface area contributed by atoms with Gasteiger partial charge in [0.25, 0.3) is 5.91 Å². The van der Waals surface area contributed by atoms with Crippen molar-refractivity contribution < 1.29 is 14.4 Å². The molecule has 0 bridgehead atoms. The van der Waals surface area contributed by atoms with Crippen molar-refractivity contribution in [1.82, 2.24) is 5.32 Å². The molecule has 0 aliphatic carbocycles. The van der Waals surface area contributed by atoms with Crippen LogP contribution in [0.4, 0.5) is 5.69 Å². The number of hydrogen-bond donors (Lipinski definition) is 3. The minimum absolute atomic E-state index is 0.0203. The van der Waals surface area contributed by atoms with Gasteiger partial charge in [-0.2, -0.15) is 0 Å². The maximum Gasteiger partial charge on any atom is 0.252 e. The summed E-state index contributed by atoms with van der Waals surface area (Å²) in [6.45, 7) is 1.36. The second kappa shape index (κ2) is 6.95. The SMILES string of the molecule is C#CC[C@H](NC(=O)c1cccc(NC(C)=O)c1)C(N)=O. The average Bonchev–Trinajstić information content (AvgIpc) is 2.37. The van der Waals surface area contributed by atoms with E-state index in [2.05, 4.69) is 16.6 Å². The monoisotopic (exact) mass is 273 g/mol. The van der Waals surface area contributed by atoms with Crippen LogP contribution in [0.1, 0.15) is 23.7 Å². The fourth-order valence-corrected chi connectivity index (χ4v) is 1.52. The van der Waals surface area contributed by atoms with Crippen molar-refractivity contribution in [2.45, 2.75) is 19.4 Å². The lowest BCUT2D eigenvalue weighted by atomic mass is 10.1. The Kier molecular flexibility index (Phi) is 5.30. The first-order valence-electron chi connectivity index (χ1n) is 5.85. The molecular weight excluding hydrogens is 258 g/mol. The van der Waals surface area contributed by atoms with E-state index >= 15 is 0 Å². The maximum absolute atomic E-state index is 12.0. The van der Waals surface area contributed by atoms with Crippen LogP contribution < -0.4 is 16.4 Å². The lowest BCUT2D eigenvalue weighted by molar-refractivity contribution is -0.119. The van der Waals surface area contributed by atoms with Crippen molar-refractivity contribution in [2.24, 2.45) is 5.73 Å². The predicted molar refractivity (Wildman–Crippen MR) is 74.6 cm³/mol. The summed E-state index contributed by atoms with van der Waals surface area (Å²) in [5, 5.41) is 5.00. The summed E-state index contributed by atoms with van der Waals surface area (Å²) in [7, 11) is 0. The molecule has 0 unspecified atom stereocenters. The zero-order valence-electron chi connectivity index (χ0n) is 11.0. The van der Waals surface area contributed by atoms with Gasteiger partial charge in [0.15, 0.2) is 0 Å². The normalized spacial score (nSPS) is 11.0. The molecule has 0 aromatic heterocycles. The number of carbonyl (C=O) groups excluding carboxylic acids is 3. The number of hydrogen-bond acceptors (Lipinski definition) is 3. The summed E-state index contributed by atoms with van der Waals surface area (Å²) in [6, 6.07) is 5.38. The van der Waals surface area contributed by atoms with Gasteiger partial charge in [0, 0.05) is 24.6 Å². The van der Waals surface area contributed by atoms with E-state index in [0.29, 0.717) is 11.3 Å². The number of primary amides is 1. The van der Waals surface area contributed by atoms with Gasteiger partial charge in [-0.15, -0.1) is 12.3 Å². The number of nitrogens with one attached hydrogen (secondary N) is 2. The molecule has 1 aromatic rings. The highest BCUT2D eigenvalue weighted by Crippen LogP contribution is 2.11. The van der Waals surface area contributed by atoms with Crippen molar-refractivity contribution in [1.29, 1.82) is 0 Å². The standard InChI is InChI=1S/C14H15N3O3/c1-3-5-12(13(15)19)17-14(20)10-6-4-7-11(8-10)16-9(2)18/h1,4,6-8,12H,5H2,2H3,(H2,15,19)(H,16,18)(H,17,20)/t12-/m0/s1. The summed E-state index contributed by atoms with van der Waals surface area (Å²) >= 11 is 0. The van der Waals surface area contributed by atoms with Crippen LogP contribution >= 0.6 is 0 Å². The van der Waals surface area contributed by atoms with Crippen molar-refractivity contribution in [2.75, 3.05) is 5.32 Å². The average molecular weight is 273 g/mol. The van der Waals surface area contributed by atoms with Gasteiger partial charge in [-0.3, -0.25) is 14.4 Å². The van der Waals surface area contributed by atoms with E-state index in [0.717, 1.165) is 0 Å². The van der Waals surface area contributed by atoms with Gasteiger partial charge in [-0.25, -0.2) is 0 Å². The highest BCUT2D eigenvalue weighted by molar-refractivity contribution is 5.99. The van der Waals surface area contributed by atoms with E-state index in [-0.39, 0.29) is 12.3 Å². The molecule has 6 heteroatoms. The molecule has 0 fully saturated rings. The summed E-state index contributed by atoms with van der Waals surface area (Å²) in [5.41, 5.74) is 5.91. The van der Waals surface area contributed by atoms with E-state index in [1.165, 1.54) is 13.0 Å². The largest absolute Gasteiger partial charge is 0.368 e. The molecule has 0 heterocycles. The first-order valence-corrected chi connectivity index (χ1v) is 5.85. The van der Waals surface area contributed by atoms with Crippen molar-refractivity contribution in [3.8, 4) is 12.3 Å². The molecule has 0 saturated heterocycles. The predicted octanol–water partition coefficient (Wildman–Crippen LogP) is 0.252. The number of carbonyl (C=O) groups is 3. The molecule has 0 radical (unpaired) electrons. The lowest BCUT2D eigenvalue weighted by Gasteiger charge is -2.13. The van der Waals surface area contributed by atoms with Crippen LogP contribution in [0, 0.1) is 12.3 Å². The Morgan fingerprint density at radius 3 is 2.65 bits per heavy atom. The number of rotatable bonds is 5. The zero-order valence-corrected chi connectivity index (χ0v) is 11.0. The Bertz CT molecular complexity index is 575. The van der Waals surface area contributed by atoms with Gasteiger partial charge < -0.3 is 16.4 Å². The summed E-state index contributed by atoms with van der Waals surface area (Å²) in [6.07, 6.45) is 5.12. The number of nitrogens with two attached hydrogens (primary N) is 1. The van der Waals surface area contributed by atoms with Crippen LogP contribution in [0.25, 0.3) is 0 Å². The minimum atomic E-state index is -0.920. The topological polar surface area (TPSA) is 101 Å². The second-order valence-electron chi connectivity index (χ2n) is 4.10. The van der Waals surface area contributed by atoms with E-state index in [4.69, 9.17) is 12.2 Å². The molecule has 1 atom stereocenters. The Morgan fingerprint density at radius 2 is 2.10 bits per heavy atom. The molecule has 0 aliphatic rings. The van der Waals surface area contributed by atoms with Crippen molar-refractivity contribution >= 4 is 23.4 Å². The minimum Gasteiger partial charge on any atom is -0.368 e. The molecule has 104 valence electrons. The molecule has 1 aromatic carbocycles. The van der Waals surface area contributed by atoms with E-state index in [1.807, 2.05) is 0 Å². The Balaban J connectivity index is 2.84. The van der Waals surface area contributed by atoms with Crippen molar-refractivity contribution in [3.05, 3.63) is 29.8 Å². The van der Waals surface area contributed by atoms with Gasteiger partial charge in [0.2, 0.25) is 11.8 Å². The molecule has 20 heavy (non-hydrogen) atoms. The Morgan fingerprint density at radius 1 is 1.40 bits per heavy atom. The number of amides is 3. The molecule has 6 nitrogen and oxygen atoms in total. The first kappa shape index (κ1) is 15.2. The van der Waals surface area contributed by atoms with Gasteiger partial charge in [-0.1, -0.05) is 6.07 Å². The van der Waals surface area contributed by atoms with Gasteiger partial charge in [0.05, 0.1) is 0 Å². The number of anilines is 1. The van der Waals surface area contributed by atoms with Crippen LogP contribution in [0.15, 0.2) is 24.3 Å². The fourth-order valence-electron chi connectivity index (χ4n) is 1.52. The summed E-state index contributed by atoms with van der Waals surface area (Å²) in [5.74, 6) is 0.836. The van der Waals surface area contributed by atoms with Crippen LogP contribution in [0.5, 0.6) is 0 Å². The van der Waals surface area contributed by atoms with Gasteiger partial charge in [0.1, 0.15) is 6.04 Å². The Labute approximate surface area is 116 Å². The smallest absolute Gasteiger partial charge is 0.252 e. The Hall–Kier alpha value is -2.81. The summed E-state index contributed by atoms with van der Waals surface area (Å²) in [4.78, 5) is 34.0. The van der Waals surface area contributed by atoms with Crippen LogP contribution in [-0.4, -0.2) is 23.8 Å². The third-order valence-electron chi connectivity index (χ3n) is 2.42. The van der Waals surface area contributed by atoms with Gasteiger partial charge in [-0.05, 0) is 18.2 Å². The molecule has 4 N–H and O–H groups in total. The number of terminal acetylenes is 1. The van der Waals surface area contributed by atoms with E-state index in [9.17, 15) is 14.4 Å². The zero-order chi connectivity index (χ0) is 15.1. The third-order valence-corrected chi connectivity index (χ3v) is 2.42. The summed E-state index contributed by atoms with van der Waals surface area (Å²) < 4.78 is 0. The van der Waals surface area contributed by atoms with Crippen LogP contribution in [0.3, 0.4) is 0 Å². The molecule has 0 aliphatic heterocycles. The highest BCUT2D eigenvalue weighted by atomic mass is 16.2. The molecule has 0 saturated carbocycles. The third kappa shape index (κ3) is 4.46. The van der Waals surface area contributed by atoms with Crippen LogP contribution in [-0.2, 0) is 9.59 Å². The quantitative estimate of drug-likeness (QED) is 0.670. The maximum atomic E-state index is 12.0. The van der Waals surface area contributed by atoms with Crippen molar-refractivity contribution in [3.63, 3.8) is 0 Å². The molecule has 3 amide bonds.